The average molecular weight is 290 g/mol. The van der Waals surface area contributed by atoms with E-state index in [0.29, 0.717) is 29.9 Å². The van der Waals surface area contributed by atoms with Gasteiger partial charge in [0.05, 0.1) is 18.7 Å². The maximum absolute atomic E-state index is 12.3. The quantitative estimate of drug-likeness (QED) is 0.867. The van der Waals surface area contributed by atoms with E-state index in [1.165, 1.54) is 6.42 Å². The van der Waals surface area contributed by atoms with Gasteiger partial charge in [-0.05, 0) is 36.8 Å². The summed E-state index contributed by atoms with van der Waals surface area (Å²) in [5.41, 5.74) is 6.77. The fourth-order valence-electron chi connectivity index (χ4n) is 2.69. The molecule has 4 heteroatoms. The number of hydrogen-bond donors (Lipinski definition) is 1. The Morgan fingerprint density at radius 1 is 1.29 bits per heavy atom. The standard InChI is InChI=1S/C17H26N2O2/c1-17(2)9-5-11-19(12-10-17)16(20)8-13-21-15-7-4-3-6-14(15)18/h3-4,6-7H,5,8-13,18H2,1-2H3. The Kier molecular flexibility index (Phi) is 5.10. The Hall–Kier alpha value is -1.71. The molecule has 1 aliphatic rings. The number of nitrogens with zero attached hydrogens (tertiary/aromatic N) is 1. The number of benzene rings is 1. The van der Waals surface area contributed by atoms with Crippen molar-refractivity contribution in [2.75, 3.05) is 25.4 Å². The van der Waals surface area contributed by atoms with Gasteiger partial charge in [0.2, 0.25) is 5.91 Å². The number of likely N-dealkylation sites (tertiary alicyclic amines) is 1. The van der Waals surface area contributed by atoms with Crippen molar-refractivity contribution in [2.24, 2.45) is 5.41 Å². The molecule has 0 aliphatic carbocycles. The number of hydrogen-bond acceptors (Lipinski definition) is 3. The van der Waals surface area contributed by atoms with Crippen LogP contribution in [0.25, 0.3) is 0 Å². The summed E-state index contributed by atoms with van der Waals surface area (Å²) in [5, 5.41) is 0. The minimum Gasteiger partial charge on any atom is -0.491 e. The van der Waals surface area contributed by atoms with Crippen LogP contribution in [-0.2, 0) is 4.79 Å². The van der Waals surface area contributed by atoms with E-state index < -0.39 is 0 Å². The van der Waals surface area contributed by atoms with Gasteiger partial charge in [-0.25, -0.2) is 0 Å². The Bertz CT molecular complexity index is 485. The van der Waals surface area contributed by atoms with Crippen molar-refractivity contribution in [3.8, 4) is 5.75 Å². The molecular formula is C17H26N2O2. The summed E-state index contributed by atoms with van der Waals surface area (Å²) in [6.45, 7) is 6.67. The Morgan fingerprint density at radius 2 is 2.05 bits per heavy atom. The average Bonchev–Trinajstić information content (AvgIpc) is 2.62. The number of para-hydroxylation sites is 2. The van der Waals surface area contributed by atoms with Crippen molar-refractivity contribution in [2.45, 2.75) is 39.5 Å². The van der Waals surface area contributed by atoms with Gasteiger partial charge in [-0.1, -0.05) is 26.0 Å². The van der Waals surface area contributed by atoms with Gasteiger partial charge in [0.25, 0.3) is 0 Å². The molecule has 1 saturated heterocycles. The van der Waals surface area contributed by atoms with Gasteiger partial charge in [0.1, 0.15) is 5.75 Å². The summed E-state index contributed by atoms with van der Waals surface area (Å²) in [4.78, 5) is 14.2. The van der Waals surface area contributed by atoms with E-state index in [1.54, 1.807) is 6.07 Å². The molecule has 0 spiro atoms. The van der Waals surface area contributed by atoms with E-state index in [1.807, 2.05) is 23.1 Å². The molecule has 2 rings (SSSR count). The second kappa shape index (κ2) is 6.83. The number of ether oxygens (including phenoxy) is 1. The van der Waals surface area contributed by atoms with E-state index in [-0.39, 0.29) is 5.91 Å². The van der Waals surface area contributed by atoms with E-state index in [4.69, 9.17) is 10.5 Å². The van der Waals surface area contributed by atoms with Gasteiger partial charge >= 0.3 is 0 Å². The molecule has 2 N–H and O–H groups in total. The van der Waals surface area contributed by atoms with Gasteiger partial charge in [-0.15, -0.1) is 0 Å². The number of anilines is 1. The molecule has 1 fully saturated rings. The third kappa shape index (κ3) is 4.66. The molecule has 1 aliphatic heterocycles. The van der Waals surface area contributed by atoms with Crippen molar-refractivity contribution in [3.05, 3.63) is 24.3 Å². The van der Waals surface area contributed by atoms with Crippen molar-refractivity contribution < 1.29 is 9.53 Å². The minimum absolute atomic E-state index is 0.183. The van der Waals surface area contributed by atoms with E-state index in [9.17, 15) is 4.79 Å². The van der Waals surface area contributed by atoms with Crippen molar-refractivity contribution in [1.29, 1.82) is 0 Å². The Balaban J connectivity index is 1.78. The normalized spacial score (nSPS) is 18.1. The molecule has 0 radical (unpaired) electrons. The summed E-state index contributed by atoms with van der Waals surface area (Å²) in [6, 6.07) is 7.37. The lowest BCUT2D eigenvalue weighted by Crippen LogP contribution is -2.33. The number of carbonyl (C=O) groups excluding carboxylic acids is 1. The van der Waals surface area contributed by atoms with Crippen LogP contribution in [-0.4, -0.2) is 30.5 Å². The van der Waals surface area contributed by atoms with Crippen LogP contribution < -0.4 is 10.5 Å². The first-order chi connectivity index (χ1) is 9.98. The topological polar surface area (TPSA) is 55.6 Å². The third-order valence-electron chi connectivity index (χ3n) is 4.19. The number of nitrogen functional groups attached to an aromatic ring is 1. The molecule has 116 valence electrons. The highest BCUT2D eigenvalue weighted by molar-refractivity contribution is 5.76. The zero-order chi connectivity index (χ0) is 15.3. The molecule has 1 aromatic carbocycles. The molecule has 1 heterocycles. The fourth-order valence-corrected chi connectivity index (χ4v) is 2.69. The Morgan fingerprint density at radius 3 is 2.81 bits per heavy atom. The molecule has 4 nitrogen and oxygen atoms in total. The lowest BCUT2D eigenvalue weighted by Gasteiger charge is -2.23. The van der Waals surface area contributed by atoms with E-state index in [0.717, 1.165) is 25.9 Å². The molecule has 1 amide bonds. The van der Waals surface area contributed by atoms with Crippen LogP contribution in [0.2, 0.25) is 0 Å². The van der Waals surface area contributed by atoms with Gasteiger partial charge in [0.15, 0.2) is 0 Å². The molecule has 0 saturated carbocycles. The lowest BCUT2D eigenvalue weighted by molar-refractivity contribution is -0.131. The summed E-state index contributed by atoms with van der Waals surface area (Å²) in [7, 11) is 0. The predicted molar refractivity (Wildman–Crippen MR) is 85.2 cm³/mol. The number of amides is 1. The van der Waals surface area contributed by atoms with Crippen LogP contribution in [0.4, 0.5) is 5.69 Å². The Labute approximate surface area is 127 Å². The van der Waals surface area contributed by atoms with Crippen molar-refractivity contribution >= 4 is 11.6 Å². The zero-order valence-electron chi connectivity index (χ0n) is 13.1. The van der Waals surface area contributed by atoms with Gasteiger partial charge < -0.3 is 15.4 Å². The van der Waals surface area contributed by atoms with Crippen LogP contribution in [0, 0.1) is 5.41 Å². The van der Waals surface area contributed by atoms with Crippen LogP contribution >= 0.6 is 0 Å². The largest absolute Gasteiger partial charge is 0.491 e. The van der Waals surface area contributed by atoms with Gasteiger partial charge in [-0.3, -0.25) is 4.79 Å². The highest BCUT2D eigenvalue weighted by Crippen LogP contribution is 2.30. The smallest absolute Gasteiger partial charge is 0.225 e. The maximum Gasteiger partial charge on any atom is 0.225 e. The lowest BCUT2D eigenvalue weighted by atomic mass is 9.85. The van der Waals surface area contributed by atoms with Gasteiger partial charge in [-0.2, -0.15) is 0 Å². The maximum atomic E-state index is 12.3. The van der Waals surface area contributed by atoms with Crippen LogP contribution in [0.5, 0.6) is 5.75 Å². The summed E-state index contributed by atoms with van der Waals surface area (Å²) >= 11 is 0. The van der Waals surface area contributed by atoms with E-state index in [2.05, 4.69) is 13.8 Å². The van der Waals surface area contributed by atoms with Crippen LogP contribution in [0.15, 0.2) is 24.3 Å². The van der Waals surface area contributed by atoms with Crippen LogP contribution in [0.3, 0.4) is 0 Å². The predicted octanol–water partition coefficient (Wildman–Crippen LogP) is 3.08. The first-order valence-corrected chi connectivity index (χ1v) is 7.73. The van der Waals surface area contributed by atoms with E-state index >= 15 is 0 Å². The second-order valence-corrected chi connectivity index (χ2v) is 6.53. The summed E-state index contributed by atoms with van der Waals surface area (Å²) < 4.78 is 5.60. The fraction of sp³-hybridized carbons (Fsp3) is 0.588. The molecule has 0 unspecified atom stereocenters. The minimum atomic E-state index is 0.183. The molecule has 0 atom stereocenters. The number of nitrogens with two attached hydrogens (primary N) is 1. The number of carbonyl (C=O) groups is 1. The summed E-state index contributed by atoms with van der Waals surface area (Å²) in [6.07, 6.45) is 3.76. The molecule has 1 aromatic rings. The first kappa shape index (κ1) is 15.7. The second-order valence-electron chi connectivity index (χ2n) is 6.53. The van der Waals surface area contributed by atoms with Crippen molar-refractivity contribution in [3.63, 3.8) is 0 Å². The van der Waals surface area contributed by atoms with Gasteiger partial charge in [0, 0.05) is 13.1 Å². The summed E-state index contributed by atoms with van der Waals surface area (Å²) in [5.74, 6) is 0.838. The molecule has 21 heavy (non-hydrogen) atoms. The SMILES string of the molecule is CC1(C)CCCN(C(=O)CCOc2ccccc2N)CC1. The number of rotatable bonds is 4. The van der Waals surface area contributed by atoms with Crippen molar-refractivity contribution in [1.82, 2.24) is 4.90 Å². The molecule has 0 bridgehead atoms. The monoisotopic (exact) mass is 290 g/mol. The molecular weight excluding hydrogens is 264 g/mol. The first-order valence-electron chi connectivity index (χ1n) is 7.73. The zero-order valence-corrected chi connectivity index (χ0v) is 13.1. The highest BCUT2D eigenvalue weighted by Gasteiger charge is 2.25. The van der Waals surface area contributed by atoms with Crippen LogP contribution in [0.1, 0.15) is 39.5 Å². The highest BCUT2D eigenvalue weighted by atomic mass is 16.5. The molecule has 0 aromatic heterocycles. The third-order valence-corrected chi connectivity index (χ3v) is 4.19.